The quantitative estimate of drug-likeness (QED) is 0.538. The molecule has 2 aliphatic rings. The van der Waals surface area contributed by atoms with Crippen LogP contribution in [0.1, 0.15) is 19.8 Å². The first-order valence-corrected chi connectivity index (χ1v) is 8.21. The Morgan fingerprint density at radius 3 is 3.00 bits per heavy atom. The molecular formula is C11H18OSi. The summed E-state index contributed by atoms with van der Waals surface area (Å²) in [6.07, 6.45) is 9.22. The average molecular weight is 194 g/mol. The molecule has 1 unspecified atom stereocenters. The van der Waals surface area contributed by atoms with Crippen LogP contribution in [0.3, 0.4) is 0 Å². The number of rotatable bonds is 0. The predicted molar refractivity (Wildman–Crippen MR) is 58.2 cm³/mol. The second-order valence-electron chi connectivity index (χ2n) is 4.90. The van der Waals surface area contributed by atoms with Crippen molar-refractivity contribution in [1.29, 1.82) is 0 Å². The average Bonchev–Trinajstić information content (AvgIpc) is 2.00. The Balaban J connectivity index is 2.34. The molecule has 1 aliphatic carbocycles. The van der Waals surface area contributed by atoms with E-state index in [4.69, 9.17) is 4.43 Å². The van der Waals surface area contributed by atoms with Crippen molar-refractivity contribution < 1.29 is 4.43 Å². The predicted octanol–water partition coefficient (Wildman–Crippen LogP) is 3.26. The van der Waals surface area contributed by atoms with E-state index in [-0.39, 0.29) is 5.60 Å². The minimum atomic E-state index is -1.38. The fraction of sp³-hybridized carbons (Fsp3) is 0.636. The first-order chi connectivity index (χ1) is 6.02. The van der Waals surface area contributed by atoms with E-state index in [1.54, 1.807) is 0 Å². The lowest BCUT2D eigenvalue weighted by atomic mass is 9.86. The van der Waals surface area contributed by atoms with Crippen molar-refractivity contribution in [2.24, 2.45) is 0 Å². The van der Waals surface area contributed by atoms with Gasteiger partial charge in [-0.1, -0.05) is 18.2 Å². The van der Waals surface area contributed by atoms with Gasteiger partial charge in [0.25, 0.3) is 0 Å². The van der Waals surface area contributed by atoms with Gasteiger partial charge < -0.3 is 4.43 Å². The fourth-order valence-corrected chi connectivity index (χ4v) is 4.53. The van der Waals surface area contributed by atoms with Crippen molar-refractivity contribution in [2.75, 3.05) is 0 Å². The van der Waals surface area contributed by atoms with Crippen LogP contribution in [0, 0.1) is 0 Å². The summed E-state index contributed by atoms with van der Waals surface area (Å²) in [5.74, 6) is 0. The molecule has 1 atom stereocenters. The van der Waals surface area contributed by atoms with Crippen LogP contribution in [0.15, 0.2) is 23.8 Å². The Morgan fingerprint density at radius 1 is 1.46 bits per heavy atom. The maximum Gasteiger partial charge on any atom is 0.191 e. The minimum absolute atomic E-state index is 0.0444. The van der Waals surface area contributed by atoms with E-state index in [1.807, 2.05) is 0 Å². The summed E-state index contributed by atoms with van der Waals surface area (Å²) in [7, 11) is -1.38. The minimum Gasteiger partial charge on any atom is -0.408 e. The molecule has 2 heteroatoms. The summed E-state index contributed by atoms with van der Waals surface area (Å²) < 4.78 is 6.28. The third-order valence-corrected chi connectivity index (χ3v) is 5.20. The van der Waals surface area contributed by atoms with Gasteiger partial charge in [-0.15, -0.1) is 0 Å². The molecule has 0 saturated heterocycles. The standard InChI is InChI=1S/C11H18OSi/c1-11-8-5-4-6-10(11)7-9-13(2,3)12-11/h4,6-7H,5,8-9H2,1-3H3. The van der Waals surface area contributed by atoms with Crippen molar-refractivity contribution in [1.82, 2.24) is 0 Å². The van der Waals surface area contributed by atoms with E-state index in [9.17, 15) is 0 Å². The first kappa shape index (κ1) is 9.22. The van der Waals surface area contributed by atoms with Crippen LogP contribution in [-0.2, 0) is 4.43 Å². The zero-order chi connectivity index (χ0) is 9.53. The van der Waals surface area contributed by atoms with Gasteiger partial charge in [0.1, 0.15) is 0 Å². The van der Waals surface area contributed by atoms with Gasteiger partial charge in [0.2, 0.25) is 0 Å². The molecule has 0 saturated carbocycles. The third kappa shape index (κ3) is 1.65. The molecular weight excluding hydrogens is 176 g/mol. The van der Waals surface area contributed by atoms with Crippen molar-refractivity contribution >= 4 is 8.32 Å². The molecule has 0 aromatic carbocycles. The zero-order valence-electron chi connectivity index (χ0n) is 8.76. The number of hydrogen-bond donors (Lipinski definition) is 0. The molecule has 1 heterocycles. The van der Waals surface area contributed by atoms with Gasteiger partial charge in [-0.2, -0.15) is 0 Å². The highest BCUT2D eigenvalue weighted by Crippen LogP contribution is 2.39. The van der Waals surface area contributed by atoms with Crippen molar-refractivity contribution in [2.45, 2.75) is 44.5 Å². The summed E-state index contributed by atoms with van der Waals surface area (Å²) in [6.45, 7) is 6.87. The Bertz CT molecular complexity index is 278. The normalized spacial score (nSPS) is 36.7. The van der Waals surface area contributed by atoms with Gasteiger partial charge in [-0.3, -0.25) is 0 Å². The molecule has 1 aliphatic heterocycles. The second kappa shape index (κ2) is 2.82. The molecule has 0 spiro atoms. The number of fused-ring (bicyclic) bond motifs is 1. The van der Waals surface area contributed by atoms with Crippen LogP contribution < -0.4 is 0 Å². The van der Waals surface area contributed by atoms with Crippen LogP contribution in [0.5, 0.6) is 0 Å². The van der Waals surface area contributed by atoms with Gasteiger partial charge >= 0.3 is 0 Å². The van der Waals surface area contributed by atoms with Gasteiger partial charge in [0.05, 0.1) is 5.60 Å². The summed E-state index contributed by atoms with van der Waals surface area (Å²) in [4.78, 5) is 0. The molecule has 0 amide bonds. The van der Waals surface area contributed by atoms with Crippen LogP contribution in [0.2, 0.25) is 19.1 Å². The summed E-state index contributed by atoms with van der Waals surface area (Å²) in [6, 6.07) is 1.17. The highest BCUT2D eigenvalue weighted by molar-refractivity contribution is 6.72. The molecule has 0 aromatic rings. The van der Waals surface area contributed by atoms with Gasteiger partial charge in [-0.25, -0.2) is 0 Å². The van der Waals surface area contributed by atoms with E-state index in [1.165, 1.54) is 18.0 Å². The zero-order valence-corrected chi connectivity index (χ0v) is 9.76. The van der Waals surface area contributed by atoms with E-state index in [2.05, 4.69) is 38.2 Å². The van der Waals surface area contributed by atoms with E-state index < -0.39 is 8.32 Å². The SMILES string of the molecule is CC12CCC=CC1=CC[Si](C)(C)O2. The number of hydrogen-bond acceptors (Lipinski definition) is 1. The van der Waals surface area contributed by atoms with Crippen molar-refractivity contribution in [3.05, 3.63) is 23.8 Å². The molecule has 0 aromatic heterocycles. The van der Waals surface area contributed by atoms with E-state index in [0.29, 0.717) is 0 Å². The highest BCUT2D eigenvalue weighted by Gasteiger charge is 2.40. The van der Waals surface area contributed by atoms with Gasteiger partial charge in [0.15, 0.2) is 8.32 Å². The molecule has 13 heavy (non-hydrogen) atoms. The largest absolute Gasteiger partial charge is 0.408 e. The smallest absolute Gasteiger partial charge is 0.191 e. The Kier molecular flexibility index (Phi) is 2.00. The molecule has 2 rings (SSSR count). The van der Waals surface area contributed by atoms with E-state index >= 15 is 0 Å². The Morgan fingerprint density at radius 2 is 2.23 bits per heavy atom. The maximum atomic E-state index is 6.28. The van der Waals surface area contributed by atoms with Crippen LogP contribution >= 0.6 is 0 Å². The highest BCUT2D eigenvalue weighted by atomic mass is 28.4. The molecule has 0 N–H and O–H groups in total. The molecule has 1 nitrogen and oxygen atoms in total. The molecule has 72 valence electrons. The van der Waals surface area contributed by atoms with Crippen molar-refractivity contribution in [3.8, 4) is 0 Å². The lowest BCUT2D eigenvalue weighted by Gasteiger charge is -2.43. The van der Waals surface area contributed by atoms with Gasteiger partial charge in [0, 0.05) is 0 Å². The van der Waals surface area contributed by atoms with Gasteiger partial charge in [-0.05, 0) is 44.5 Å². The second-order valence-corrected chi connectivity index (χ2v) is 9.03. The van der Waals surface area contributed by atoms with Crippen LogP contribution in [0.4, 0.5) is 0 Å². The topological polar surface area (TPSA) is 9.23 Å². The first-order valence-electron chi connectivity index (χ1n) is 5.09. The molecule has 0 fully saturated rings. The van der Waals surface area contributed by atoms with Crippen molar-refractivity contribution in [3.63, 3.8) is 0 Å². The summed E-state index contributed by atoms with van der Waals surface area (Å²) >= 11 is 0. The summed E-state index contributed by atoms with van der Waals surface area (Å²) in [5.41, 5.74) is 1.45. The third-order valence-electron chi connectivity index (χ3n) is 3.01. The monoisotopic (exact) mass is 194 g/mol. The lowest BCUT2D eigenvalue weighted by Crippen LogP contribution is -2.47. The molecule has 0 bridgehead atoms. The maximum absolute atomic E-state index is 6.28. The summed E-state index contributed by atoms with van der Waals surface area (Å²) in [5, 5.41) is 0. The van der Waals surface area contributed by atoms with E-state index in [0.717, 1.165) is 6.42 Å². The lowest BCUT2D eigenvalue weighted by molar-refractivity contribution is 0.104. The van der Waals surface area contributed by atoms with Crippen LogP contribution in [-0.4, -0.2) is 13.9 Å². The van der Waals surface area contributed by atoms with Crippen LogP contribution in [0.25, 0.3) is 0 Å². The fourth-order valence-electron chi connectivity index (χ4n) is 2.29. The Labute approximate surface area is 81.6 Å². The molecule has 0 radical (unpaired) electrons. The Hall–Kier alpha value is -0.343. The number of allylic oxidation sites excluding steroid dienone is 2.